The summed E-state index contributed by atoms with van der Waals surface area (Å²) in [4.78, 5) is 28.5. The number of benzene rings is 3. The third kappa shape index (κ3) is 8.64. The van der Waals surface area contributed by atoms with Crippen molar-refractivity contribution in [2.75, 3.05) is 31.6 Å². The highest BCUT2D eigenvalue weighted by atomic mass is 35.5. The lowest BCUT2D eigenvalue weighted by Gasteiger charge is -2.43. The van der Waals surface area contributed by atoms with E-state index in [1.807, 2.05) is 36.4 Å². The lowest BCUT2D eigenvalue weighted by Crippen LogP contribution is -2.66. The van der Waals surface area contributed by atoms with Crippen LogP contribution in [-0.4, -0.2) is 56.7 Å². The minimum atomic E-state index is -2.77. The molecule has 0 aliphatic rings. The molecule has 0 spiro atoms. The number of amides is 1. The van der Waals surface area contributed by atoms with Crippen LogP contribution in [0.4, 0.5) is 5.69 Å². The molecular formula is C37H39Cl2N3O5SSi. The van der Waals surface area contributed by atoms with Gasteiger partial charge in [0.05, 0.1) is 26.9 Å². The number of carbonyl (C=O) groups is 1. The van der Waals surface area contributed by atoms with Crippen molar-refractivity contribution in [3.8, 4) is 16.9 Å². The van der Waals surface area contributed by atoms with Gasteiger partial charge in [-0.3, -0.25) is 9.59 Å². The number of anilines is 1. The maximum Gasteiger partial charge on any atom is 0.290 e. The van der Waals surface area contributed by atoms with E-state index in [0.717, 1.165) is 10.4 Å². The fourth-order valence-electron chi connectivity index (χ4n) is 5.80. The minimum Gasteiger partial charge on any atom is -0.485 e. The second-order valence-corrected chi connectivity index (χ2v) is 18.9. The highest BCUT2D eigenvalue weighted by Crippen LogP contribution is 2.37. The van der Waals surface area contributed by atoms with Crippen LogP contribution in [0.2, 0.25) is 14.4 Å². The van der Waals surface area contributed by atoms with Crippen LogP contribution in [0.1, 0.15) is 30.4 Å². The molecule has 2 aromatic heterocycles. The molecule has 0 fully saturated rings. The van der Waals surface area contributed by atoms with E-state index in [1.54, 1.807) is 42.6 Å². The van der Waals surface area contributed by atoms with Crippen LogP contribution >= 0.6 is 34.5 Å². The topological polar surface area (TPSA) is 113 Å². The molecule has 0 unspecified atom stereocenters. The lowest BCUT2D eigenvalue weighted by atomic mass is 10.1. The van der Waals surface area contributed by atoms with Gasteiger partial charge in [-0.15, -0.1) is 11.3 Å². The summed E-state index contributed by atoms with van der Waals surface area (Å²) < 4.78 is 13.6. The number of ether oxygens (including phenoxy) is 1. The summed E-state index contributed by atoms with van der Waals surface area (Å²) in [5, 5.41) is 18.8. The zero-order valence-corrected chi connectivity index (χ0v) is 30.8. The fraction of sp³-hybridized carbons (Fsp3) is 0.243. The number of rotatable bonds is 14. The Bertz CT molecular complexity index is 1880. The van der Waals surface area contributed by atoms with Crippen LogP contribution in [0.25, 0.3) is 11.1 Å². The van der Waals surface area contributed by atoms with E-state index in [2.05, 4.69) is 60.7 Å². The standard InChI is InChI=1S/C37H39Cl2N3O5SSi/c1-37(2,3)49(27-10-6-4-7-11-27,28-12-8-5-9-13-28)47-21-20-46-34-30(18-19-40-36(34)45)29-15-14-25(22-31(29)38)41-23-26(43)24-42-35(44)32-16-17-33(39)48-32/h4-19,22,26,41,43H,20-21,23-24H2,1-3H3,(H,40,45)(H,42,44)/t26-/m1/s1. The van der Waals surface area contributed by atoms with Crippen molar-refractivity contribution >= 4 is 64.8 Å². The predicted octanol–water partition coefficient (Wildman–Crippen LogP) is 6.57. The number of aliphatic hydroxyl groups is 1. The second-order valence-electron chi connectivity index (χ2n) is 12.5. The first-order valence-electron chi connectivity index (χ1n) is 15.8. The number of nitrogens with one attached hydrogen (secondary N) is 3. The van der Waals surface area contributed by atoms with Gasteiger partial charge in [0.1, 0.15) is 6.61 Å². The summed E-state index contributed by atoms with van der Waals surface area (Å²) in [5.74, 6) is -0.150. The Morgan fingerprint density at radius 1 is 0.898 bits per heavy atom. The third-order valence-corrected chi connectivity index (χ3v) is 14.7. The van der Waals surface area contributed by atoms with E-state index < -0.39 is 14.4 Å². The second kappa shape index (κ2) is 16.2. The Morgan fingerprint density at radius 2 is 1.57 bits per heavy atom. The summed E-state index contributed by atoms with van der Waals surface area (Å²) in [6.07, 6.45) is 0.706. The number of carbonyl (C=O) groups excluding carboxylic acids is 1. The molecular weight excluding hydrogens is 697 g/mol. The SMILES string of the molecule is CC(C)(C)[Si](OCCOc1c(-c2ccc(NC[C@@H](O)CNC(=O)c3ccc(Cl)s3)cc2Cl)cc[nH]c1=O)(c1ccccc1)c1ccccc1. The van der Waals surface area contributed by atoms with Crippen LogP contribution in [0.15, 0.2) is 108 Å². The summed E-state index contributed by atoms with van der Waals surface area (Å²) in [6, 6.07) is 31.1. The smallest absolute Gasteiger partial charge is 0.290 e. The van der Waals surface area contributed by atoms with Gasteiger partial charge in [0, 0.05) is 36.1 Å². The summed E-state index contributed by atoms with van der Waals surface area (Å²) >= 11 is 13.8. The molecule has 0 saturated heterocycles. The van der Waals surface area contributed by atoms with Gasteiger partial charge in [-0.05, 0) is 45.7 Å². The van der Waals surface area contributed by atoms with Gasteiger partial charge in [0.2, 0.25) is 0 Å². The number of hydrogen-bond acceptors (Lipinski definition) is 7. The van der Waals surface area contributed by atoms with Crippen molar-refractivity contribution in [2.45, 2.75) is 31.9 Å². The first kappa shape index (κ1) is 36.4. The van der Waals surface area contributed by atoms with Crippen LogP contribution in [0, 0.1) is 0 Å². The van der Waals surface area contributed by atoms with Crippen molar-refractivity contribution in [2.24, 2.45) is 0 Å². The van der Waals surface area contributed by atoms with Gasteiger partial charge in [0.15, 0.2) is 5.75 Å². The summed E-state index contributed by atoms with van der Waals surface area (Å²) in [5.41, 5.74) is 1.44. The largest absolute Gasteiger partial charge is 0.485 e. The molecule has 0 aliphatic heterocycles. The van der Waals surface area contributed by atoms with Gasteiger partial charge in [-0.1, -0.05) is 111 Å². The number of H-pyrrole nitrogens is 1. The summed E-state index contributed by atoms with van der Waals surface area (Å²) in [7, 11) is -2.77. The van der Waals surface area contributed by atoms with Crippen LogP contribution < -0.4 is 31.3 Å². The molecule has 8 nitrogen and oxygen atoms in total. The number of thiophene rings is 1. The van der Waals surface area contributed by atoms with Crippen molar-refractivity contribution in [3.63, 3.8) is 0 Å². The zero-order valence-electron chi connectivity index (χ0n) is 27.5. The first-order valence-corrected chi connectivity index (χ1v) is 19.3. The Morgan fingerprint density at radius 3 is 2.16 bits per heavy atom. The minimum absolute atomic E-state index is 0.0560. The lowest BCUT2D eigenvalue weighted by molar-refractivity contribution is 0.0926. The van der Waals surface area contributed by atoms with E-state index in [4.69, 9.17) is 32.4 Å². The summed E-state index contributed by atoms with van der Waals surface area (Å²) in [6.45, 7) is 7.27. The number of hydrogen-bond donors (Lipinski definition) is 4. The molecule has 2 heterocycles. The number of aromatic amines is 1. The molecule has 12 heteroatoms. The zero-order chi connectivity index (χ0) is 35.0. The Labute approximate surface area is 301 Å². The normalized spacial score (nSPS) is 12.4. The van der Waals surface area contributed by atoms with Crippen LogP contribution in [0.5, 0.6) is 5.75 Å². The molecule has 1 amide bonds. The molecule has 0 bridgehead atoms. The Kier molecular flexibility index (Phi) is 12.0. The average Bonchev–Trinajstić information content (AvgIpc) is 3.53. The highest BCUT2D eigenvalue weighted by Gasteiger charge is 2.50. The van der Waals surface area contributed by atoms with Gasteiger partial charge in [-0.2, -0.15) is 0 Å². The van der Waals surface area contributed by atoms with E-state index in [9.17, 15) is 14.7 Å². The fourth-order valence-corrected chi connectivity index (χ4v) is 11.6. The van der Waals surface area contributed by atoms with Crippen LogP contribution in [-0.2, 0) is 4.43 Å². The Hall–Kier alpha value is -3.90. The van der Waals surface area contributed by atoms with Gasteiger partial charge >= 0.3 is 0 Å². The molecule has 0 aliphatic carbocycles. The molecule has 0 saturated carbocycles. The van der Waals surface area contributed by atoms with Crippen molar-refractivity contribution in [1.82, 2.24) is 10.3 Å². The van der Waals surface area contributed by atoms with Gasteiger partial charge in [0.25, 0.3) is 19.8 Å². The maximum absolute atomic E-state index is 13.0. The van der Waals surface area contributed by atoms with Gasteiger partial charge in [-0.25, -0.2) is 0 Å². The van der Waals surface area contributed by atoms with E-state index in [-0.39, 0.29) is 48.6 Å². The molecule has 5 rings (SSSR count). The number of pyridine rings is 1. The first-order chi connectivity index (χ1) is 23.5. The third-order valence-electron chi connectivity index (χ3n) is 8.08. The van der Waals surface area contributed by atoms with Crippen molar-refractivity contribution in [3.05, 3.63) is 128 Å². The van der Waals surface area contributed by atoms with Crippen molar-refractivity contribution < 1.29 is 19.1 Å². The van der Waals surface area contributed by atoms with Crippen LogP contribution in [0.3, 0.4) is 0 Å². The molecule has 4 N–H and O–H groups in total. The molecule has 49 heavy (non-hydrogen) atoms. The quantitative estimate of drug-likeness (QED) is 0.0759. The molecule has 256 valence electrons. The van der Waals surface area contributed by atoms with Gasteiger partial charge < -0.3 is 29.9 Å². The molecule has 1 atom stereocenters. The van der Waals surface area contributed by atoms with Crippen molar-refractivity contribution in [1.29, 1.82) is 0 Å². The monoisotopic (exact) mass is 735 g/mol. The Balaban J connectivity index is 1.26. The highest BCUT2D eigenvalue weighted by molar-refractivity contribution is 7.18. The molecule has 0 radical (unpaired) electrons. The van der Waals surface area contributed by atoms with E-state index in [1.165, 1.54) is 11.3 Å². The number of halogens is 2. The molecule has 3 aromatic carbocycles. The van der Waals surface area contributed by atoms with E-state index in [0.29, 0.717) is 31.1 Å². The number of aliphatic hydroxyl groups excluding tert-OH is 1. The average molecular weight is 737 g/mol. The predicted molar refractivity (Wildman–Crippen MR) is 203 cm³/mol. The molecule has 5 aromatic rings. The maximum atomic E-state index is 13.0. The van der Waals surface area contributed by atoms with E-state index >= 15 is 0 Å². The number of aromatic nitrogens is 1.